The summed E-state index contributed by atoms with van der Waals surface area (Å²) < 4.78 is 47.0. The number of alkyl halides is 3. The lowest BCUT2D eigenvalue weighted by Crippen LogP contribution is -2.71. The predicted molar refractivity (Wildman–Crippen MR) is 126 cm³/mol. The van der Waals surface area contributed by atoms with Crippen molar-refractivity contribution in [1.82, 2.24) is 20.9 Å². The van der Waals surface area contributed by atoms with Crippen molar-refractivity contribution in [2.75, 3.05) is 6.54 Å². The normalized spacial score (nSPS) is 17.4. The van der Waals surface area contributed by atoms with Gasteiger partial charge in [-0.3, -0.25) is 15.1 Å². The summed E-state index contributed by atoms with van der Waals surface area (Å²) in [7, 11) is 0. The topological polar surface area (TPSA) is 136 Å². The second-order valence-electron chi connectivity index (χ2n) is 8.57. The number of benzene rings is 2. The fraction of sp³-hybridized carbons (Fsp3) is 0.240. The number of para-hydroxylation sites is 1. The molecule has 0 aliphatic carbocycles. The second-order valence-corrected chi connectivity index (χ2v) is 8.57. The number of amides is 4. The molecule has 1 atom stereocenters. The highest BCUT2D eigenvalue weighted by molar-refractivity contribution is 6.04. The van der Waals surface area contributed by atoms with E-state index in [4.69, 9.17) is 4.74 Å². The maximum absolute atomic E-state index is 12.6. The Bertz CT molecular complexity index is 1410. The smallest absolute Gasteiger partial charge is 0.489 e. The zero-order chi connectivity index (χ0) is 27.5. The number of pyridine rings is 1. The van der Waals surface area contributed by atoms with Gasteiger partial charge in [0.1, 0.15) is 17.9 Å². The number of hydrogen-bond donors (Lipinski definition) is 3. The van der Waals surface area contributed by atoms with Gasteiger partial charge >= 0.3 is 24.3 Å². The van der Waals surface area contributed by atoms with Crippen LogP contribution >= 0.6 is 0 Å². The first-order chi connectivity index (χ1) is 17.9. The molecule has 198 valence electrons. The number of nitrogens with one attached hydrogen (secondary N) is 3. The van der Waals surface area contributed by atoms with Crippen molar-refractivity contribution in [3.05, 3.63) is 71.4 Å². The van der Waals surface area contributed by atoms with Gasteiger partial charge in [0.2, 0.25) is 0 Å². The lowest BCUT2D eigenvalue weighted by atomic mass is 9.88. The molecular formula is C25H21F3N4O6. The minimum atomic E-state index is -5.41. The highest BCUT2D eigenvalue weighted by Crippen LogP contribution is 2.23. The van der Waals surface area contributed by atoms with Crippen LogP contribution in [0.2, 0.25) is 0 Å². The van der Waals surface area contributed by atoms with Crippen LogP contribution in [0.1, 0.15) is 16.8 Å². The van der Waals surface area contributed by atoms with Gasteiger partial charge in [0.15, 0.2) is 0 Å². The van der Waals surface area contributed by atoms with Gasteiger partial charge in [-0.15, -0.1) is 0 Å². The van der Waals surface area contributed by atoms with Crippen LogP contribution in [0.5, 0.6) is 5.75 Å². The van der Waals surface area contributed by atoms with Gasteiger partial charge in [0.25, 0.3) is 5.91 Å². The van der Waals surface area contributed by atoms with Gasteiger partial charge in [-0.1, -0.05) is 30.3 Å². The first-order valence-electron chi connectivity index (χ1n) is 11.2. The Morgan fingerprint density at radius 3 is 2.50 bits per heavy atom. The number of carbonyl (C=O) groups is 4. The molecule has 2 aromatic carbocycles. The second kappa shape index (κ2) is 10.4. The number of aromatic nitrogens is 1. The fourth-order valence-corrected chi connectivity index (χ4v) is 3.96. The molecule has 10 nitrogen and oxygen atoms in total. The predicted octanol–water partition coefficient (Wildman–Crippen LogP) is 3.06. The van der Waals surface area contributed by atoms with Crippen LogP contribution < -0.4 is 20.7 Å². The number of alkyl carbamates (subject to hydrolysis) is 1. The summed E-state index contributed by atoms with van der Waals surface area (Å²) in [6.45, 7) is 1.68. The molecule has 3 aromatic rings. The summed E-state index contributed by atoms with van der Waals surface area (Å²) in [4.78, 5) is 51.7. The summed E-state index contributed by atoms with van der Waals surface area (Å²) in [6, 6.07) is 15.1. The number of ether oxygens (including phenoxy) is 2. The molecule has 4 rings (SSSR count). The fourth-order valence-electron chi connectivity index (χ4n) is 3.96. The highest BCUT2D eigenvalue weighted by Gasteiger charge is 2.47. The highest BCUT2D eigenvalue weighted by atomic mass is 19.4. The standard InChI is InChI=1S/C25H21F3N4O6/c1-14-10-16(18-4-2-3-5-19(18)30-14)12-37-17-8-6-15(7-9-17)11-24(13-29-22(35)31-20(24)33)32-23(36)38-21(34)25(26,27)28/h2-10H,11-13H2,1H3,(H,32,36)(H2,29,31,33,35). The van der Waals surface area contributed by atoms with Gasteiger partial charge in [0, 0.05) is 23.1 Å². The van der Waals surface area contributed by atoms with Crippen molar-refractivity contribution in [1.29, 1.82) is 0 Å². The molecular weight excluding hydrogens is 509 g/mol. The van der Waals surface area contributed by atoms with Crippen LogP contribution in [0.3, 0.4) is 0 Å². The SMILES string of the molecule is Cc1cc(COc2ccc(CC3(NC(=O)OC(=O)C(F)(F)F)CNC(=O)NC3=O)cc2)c2ccccc2n1. The summed E-state index contributed by atoms with van der Waals surface area (Å²) in [5, 5.41) is 7.20. The van der Waals surface area contributed by atoms with Crippen molar-refractivity contribution in [2.45, 2.75) is 31.7 Å². The van der Waals surface area contributed by atoms with Crippen LogP contribution in [0.4, 0.5) is 22.8 Å². The first-order valence-corrected chi connectivity index (χ1v) is 11.2. The lowest BCUT2D eigenvalue weighted by Gasteiger charge is -2.36. The summed E-state index contributed by atoms with van der Waals surface area (Å²) in [5.41, 5.74) is 1.15. The molecule has 0 spiro atoms. The molecule has 1 saturated heterocycles. The van der Waals surface area contributed by atoms with E-state index < -0.39 is 42.3 Å². The number of esters is 1. The summed E-state index contributed by atoms with van der Waals surface area (Å²) >= 11 is 0. The molecule has 0 radical (unpaired) electrons. The van der Waals surface area contributed by atoms with E-state index in [2.05, 4.69) is 15.0 Å². The molecule has 1 aliphatic heterocycles. The number of halogens is 3. The molecule has 2 heterocycles. The quantitative estimate of drug-likeness (QED) is 0.329. The van der Waals surface area contributed by atoms with Gasteiger partial charge in [0.05, 0.1) is 12.1 Å². The summed E-state index contributed by atoms with van der Waals surface area (Å²) in [6.07, 6.45) is -7.45. The van der Waals surface area contributed by atoms with Crippen LogP contribution in [0.15, 0.2) is 54.6 Å². The Labute approximate surface area is 213 Å². The molecule has 0 bridgehead atoms. The molecule has 1 aromatic heterocycles. The van der Waals surface area contributed by atoms with E-state index in [1.165, 1.54) is 0 Å². The van der Waals surface area contributed by atoms with E-state index in [9.17, 15) is 32.3 Å². The Morgan fingerprint density at radius 2 is 1.82 bits per heavy atom. The number of aryl methyl sites for hydroxylation is 1. The molecule has 4 amide bonds. The van der Waals surface area contributed by atoms with Gasteiger partial charge in [-0.25, -0.2) is 14.4 Å². The first kappa shape index (κ1) is 26.4. The van der Waals surface area contributed by atoms with Gasteiger partial charge in [-0.05, 0) is 36.8 Å². The Balaban J connectivity index is 1.47. The number of imide groups is 1. The number of hydrogen-bond acceptors (Lipinski definition) is 7. The minimum absolute atomic E-state index is 0.247. The Kier molecular flexibility index (Phi) is 7.19. The lowest BCUT2D eigenvalue weighted by molar-refractivity contribution is -0.193. The molecule has 13 heteroatoms. The average molecular weight is 530 g/mol. The van der Waals surface area contributed by atoms with E-state index in [0.717, 1.165) is 22.2 Å². The number of urea groups is 1. The Morgan fingerprint density at radius 1 is 1.11 bits per heavy atom. The molecule has 1 unspecified atom stereocenters. The number of rotatable bonds is 6. The van der Waals surface area contributed by atoms with Crippen molar-refractivity contribution in [2.24, 2.45) is 0 Å². The number of fused-ring (bicyclic) bond motifs is 1. The molecule has 3 N–H and O–H groups in total. The third-order valence-corrected chi connectivity index (χ3v) is 5.72. The van der Waals surface area contributed by atoms with E-state index in [0.29, 0.717) is 11.3 Å². The zero-order valence-corrected chi connectivity index (χ0v) is 19.8. The van der Waals surface area contributed by atoms with Gasteiger partial charge in [-0.2, -0.15) is 13.2 Å². The van der Waals surface area contributed by atoms with Crippen molar-refractivity contribution < 1.29 is 41.8 Å². The maximum atomic E-state index is 12.6. The van der Waals surface area contributed by atoms with Crippen LogP contribution in [-0.2, 0) is 27.4 Å². The third-order valence-electron chi connectivity index (χ3n) is 5.72. The van der Waals surface area contributed by atoms with Crippen LogP contribution in [0.25, 0.3) is 10.9 Å². The van der Waals surface area contributed by atoms with Crippen molar-refractivity contribution in [3.63, 3.8) is 0 Å². The number of carbonyl (C=O) groups excluding carboxylic acids is 4. The van der Waals surface area contributed by atoms with E-state index >= 15 is 0 Å². The average Bonchev–Trinajstić information content (AvgIpc) is 2.85. The maximum Gasteiger partial charge on any atom is 0.491 e. The molecule has 38 heavy (non-hydrogen) atoms. The van der Waals surface area contributed by atoms with Gasteiger partial charge < -0.3 is 20.1 Å². The van der Waals surface area contributed by atoms with E-state index in [-0.39, 0.29) is 13.0 Å². The third kappa shape index (κ3) is 5.99. The van der Waals surface area contributed by atoms with E-state index in [1.807, 2.05) is 47.9 Å². The van der Waals surface area contributed by atoms with Crippen LogP contribution in [-0.4, -0.2) is 47.2 Å². The molecule has 0 saturated carbocycles. The molecule has 1 fully saturated rings. The van der Waals surface area contributed by atoms with Crippen molar-refractivity contribution >= 4 is 34.9 Å². The van der Waals surface area contributed by atoms with E-state index in [1.54, 1.807) is 24.3 Å². The van der Waals surface area contributed by atoms with Crippen LogP contribution in [0, 0.1) is 6.92 Å². The molecule has 1 aliphatic rings. The zero-order valence-electron chi connectivity index (χ0n) is 19.8. The largest absolute Gasteiger partial charge is 0.491 e. The minimum Gasteiger partial charge on any atom is -0.489 e. The Hall–Kier alpha value is -4.68. The summed E-state index contributed by atoms with van der Waals surface area (Å²) in [5.74, 6) is -3.24. The van der Waals surface area contributed by atoms with Crippen molar-refractivity contribution in [3.8, 4) is 5.75 Å². The number of nitrogens with zero attached hydrogens (tertiary/aromatic N) is 1. The monoisotopic (exact) mass is 530 g/mol.